The van der Waals surface area contributed by atoms with Crippen LogP contribution in [-0.4, -0.2) is 155 Å². The summed E-state index contributed by atoms with van der Waals surface area (Å²) in [5, 5.41) is 10.5. The van der Waals surface area contributed by atoms with Gasteiger partial charge in [0.2, 0.25) is 29.5 Å². The third-order valence-corrected chi connectivity index (χ3v) is 19.9. The first-order chi connectivity index (χ1) is 50.8. The highest BCUT2D eigenvalue weighted by Crippen LogP contribution is 2.46. The van der Waals surface area contributed by atoms with E-state index < -0.39 is 108 Å². The first-order valence-electron chi connectivity index (χ1n) is 35.8. The predicted molar refractivity (Wildman–Crippen MR) is 394 cm³/mol. The fourth-order valence-electron chi connectivity index (χ4n) is 14.0. The molecule has 0 aromatic heterocycles. The lowest BCUT2D eigenvalue weighted by atomic mass is 9.98. The Morgan fingerprint density at radius 3 is 1.00 bits per heavy atom. The molecule has 0 unspecified atom stereocenters. The second-order valence-electron chi connectivity index (χ2n) is 27.5. The molecule has 23 heteroatoms. The lowest BCUT2D eigenvalue weighted by Crippen LogP contribution is -2.58. The van der Waals surface area contributed by atoms with Crippen LogP contribution in [0.3, 0.4) is 0 Å². The van der Waals surface area contributed by atoms with E-state index in [1.807, 2.05) is 178 Å². The smallest absolute Gasteiger partial charge is 0.407 e. The first-order valence-corrected chi connectivity index (χ1v) is 35.8. The molecular formula is C83H91N7O16. The second-order valence-corrected chi connectivity index (χ2v) is 27.5. The molecule has 3 heterocycles. The van der Waals surface area contributed by atoms with Gasteiger partial charge in [-0.2, -0.15) is 0 Å². The van der Waals surface area contributed by atoms with Crippen LogP contribution >= 0.6 is 0 Å². The van der Waals surface area contributed by atoms with Crippen LogP contribution in [0.2, 0.25) is 0 Å². The number of cyclic esters (lactones) is 3. The number of alkyl carbamates (subject to hydrolysis) is 2. The van der Waals surface area contributed by atoms with Gasteiger partial charge in [-0.05, 0) is 110 Å². The van der Waals surface area contributed by atoms with Crippen molar-refractivity contribution in [3.05, 3.63) is 227 Å². The minimum atomic E-state index is -0.963. The standard InChI is InChI=1S/C36H39N3O7.C32H33N3O6.C15H19NO3/c1-21(33(41)37-23(3)34(42)39-24(4)35(43)45-20-31(39)25-12-6-5-7-13-25)18-32(40)22(2)38-36(44)46-19-30-28-16-10-8-14-26(28)27-15-9-11-17-29(27)30;1-19(34-32(39)41-17-27-25-15-9-7-13-23(25)24-14-8-10-16-26(24)27)29(36)33-20(2)30(37)35-21(3)31(38)40-18-28(35)22-11-5-4-6-12-22;1-10(2)14(17)16-11(3)15(18)19-9-13(16)12-7-5-4-6-8-12/h5-17,21-24,30-31H,18-20H2,1-4H3,(H,37,41)(H,38,44);4-16,19-21,27-28H,17-18H2,1-3H3,(H,33,36)(H,34,39);4-8,10-11,13H,9H2,1-3H3/t21-,22+,23+,24+,31+;19-,20-,21-,28-;11-,13-/m100/s1. The lowest BCUT2D eigenvalue weighted by molar-refractivity contribution is -0.170. The number of carbonyl (C=O) groups is 11. The number of ether oxygens (including phenoxy) is 5. The monoisotopic (exact) mass is 1440 g/mol. The SMILES string of the molecule is CC(C)C(=O)N1[C@@H](C)C(=O)OC[C@H]1c1ccccc1.C[C@H](CC(=O)[C@H](C)NC(=O)OCC1c2ccccc2-c2ccccc21)C(=O)N[C@@H](C)C(=O)N1[C@@H](C)C(=O)OC[C@H]1c1ccccc1.C[C@H](NC(=O)OCC1c2ccccc2-c2ccccc21)C(=O)N[C@@H](C)C(=O)N1[C@@H](C)C(=O)OC[C@H]1c1ccccc1. The molecule has 23 nitrogen and oxygen atoms in total. The van der Waals surface area contributed by atoms with Gasteiger partial charge in [-0.25, -0.2) is 24.0 Å². The Balaban J connectivity index is 0.000000184. The number of esters is 3. The number of hydrogen-bond donors (Lipinski definition) is 4. The van der Waals surface area contributed by atoms with E-state index in [9.17, 15) is 52.7 Å². The average molecular weight is 1440 g/mol. The highest BCUT2D eigenvalue weighted by Gasteiger charge is 2.44. The zero-order valence-electron chi connectivity index (χ0n) is 61.1. The van der Waals surface area contributed by atoms with Gasteiger partial charge in [0.15, 0.2) is 5.78 Å². The largest absolute Gasteiger partial charge is 0.462 e. The summed E-state index contributed by atoms with van der Waals surface area (Å²) in [7, 11) is 0. The number of fused-ring (bicyclic) bond motifs is 6. The van der Waals surface area contributed by atoms with Gasteiger partial charge in [-0.15, -0.1) is 0 Å². The number of benzene rings is 7. The van der Waals surface area contributed by atoms with Crippen LogP contribution in [0.1, 0.15) is 145 Å². The Kier molecular flexibility index (Phi) is 25.4. The van der Waals surface area contributed by atoms with Crippen molar-refractivity contribution in [2.45, 2.75) is 148 Å². The zero-order valence-corrected chi connectivity index (χ0v) is 61.1. The molecule has 106 heavy (non-hydrogen) atoms. The van der Waals surface area contributed by atoms with E-state index in [1.165, 1.54) is 16.7 Å². The molecule has 3 saturated heterocycles. The quantitative estimate of drug-likeness (QED) is 0.0432. The topological polar surface area (TPSA) is 292 Å². The van der Waals surface area contributed by atoms with E-state index in [2.05, 4.69) is 45.5 Å². The van der Waals surface area contributed by atoms with Crippen LogP contribution in [0.25, 0.3) is 22.3 Å². The molecule has 4 N–H and O–H groups in total. The van der Waals surface area contributed by atoms with Crippen molar-refractivity contribution in [2.24, 2.45) is 11.8 Å². The summed E-state index contributed by atoms with van der Waals surface area (Å²) in [5.74, 6) is -4.77. The number of nitrogens with zero attached hydrogens (tertiary/aromatic N) is 3. The molecule has 0 saturated carbocycles. The van der Waals surface area contributed by atoms with Crippen molar-refractivity contribution >= 4 is 65.4 Å². The molecule has 3 aliphatic heterocycles. The molecule has 11 atom stereocenters. The Morgan fingerprint density at radius 2 is 0.670 bits per heavy atom. The summed E-state index contributed by atoms with van der Waals surface area (Å²) in [5.41, 5.74) is 11.4. The molecule has 0 spiro atoms. The Labute approximate surface area is 617 Å². The van der Waals surface area contributed by atoms with Crippen LogP contribution in [0, 0.1) is 11.8 Å². The molecule has 0 radical (unpaired) electrons. The molecule has 554 valence electrons. The molecule has 12 rings (SSSR count). The number of nitrogens with one attached hydrogen (secondary N) is 4. The third kappa shape index (κ3) is 17.6. The molecule has 3 fully saturated rings. The maximum absolute atomic E-state index is 13.5. The van der Waals surface area contributed by atoms with E-state index >= 15 is 0 Å². The average Bonchev–Trinajstić information content (AvgIpc) is 1.52. The van der Waals surface area contributed by atoms with E-state index in [0.29, 0.717) is 0 Å². The Bertz CT molecular complexity index is 4270. The number of ketones is 1. The maximum atomic E-state index is 13.5. The predicted octanol–water partition coefficient (Wildman–Crippen LogP) is 10.6. The van der Waals surface area contributed by atoms with E-state index in [1.54, 1.807) is 53.4 Å². The Morgan fingerprint density at radius 1 is 0.377 bits per heavy atom. The highest BCUT2D eigenvalue weighted by atomic mass is 16.6. The number of rotatable bonds is 19. The summed E-state index contributed by atoms with van der Waals surface area (Å²) in [6.45, 7) is 16.8. The van der Waals surface area contributed by atoms with E-state index in [-0.39, 0.29) is 80.9 Å². The maximum Gasteiger partial charge on any atom is 0.407 e. The molecular weight excluding hydrogens is 1350 g/mol. The molecule has 5 aliphatic rings. The van der Waals surface area contributed by atoms with Crippen LogP contribution in [0.15, 0.2) is 188 Å². The number of hydrogen-bond acceptors (Lipinski definition) is 16. The van der Waals surface area contributed by atoms with Gasteiger partial charge in [-0.3, -0.25) is 28.8 Å². The van der Waals surface area contributed by atoms with Crippen molar-refractivity contribution in [2.75, 3.05) is 33.0 Å². The molecule has 7 aromatic carbocycles. The van der Waals surface area contributed by atoms with Crippen molar-refractivity contribution in [3.63, 3.8) is 0 Å². The van der Waals surface area contributed by atoms with Gasteiger partial charge in [0.1, 0.15) is 69.3 Å². The Hall–Kier alpha value is -11.5. The van der Waals surface area contributed by atoms with Crippen LogP contribution in [0.4, 0.5) is 9.59 Å². The third-order valence-electron chi connectivity index (χ3n) is 19.9. The highest BCUT2D eigenvalue weighted by molar-refractivity contribution is 5.96. The van der Waals surface area contributed by atoms with Crippen LogP contribution in [-0.2, 0) is 66.8 Å². The first kappa shape index (κ1) is 77.1. The number of morpholine rings is 3. The fraction of sp³-hybridized carbons (Fsp3) is 0.361. The summed E-state index contributed by atoms with van der Waals surface area (Å²) < 4.78 is 26.9. The van der Waals surface area contributed by atoms with Crippen molar-refractivity contribution in [1.29, 1.82) is 0 Å². The van der Waals surface area contributed by atoms with Crippen LogP contribution in [0.5, 0.6) is 0 Å². The van der Waals surface area contributed by atoms with E-state index in [0.717, 1.165) is 61.2 Å². The summed E-state index contributed by atoms with van der Waals surface area (Å²) in [6.07, 6.45) is -1.61. The van der Waals surface area contributed by atoms with Gasteiger partial charge in [0.05, 0.1) is 24.2 Å². The van der Waals surface area contributed by atoms with Gasteiger partial charge < -0.3 is 59.7 Å². The second kappa shape index (κ2) is 34.9. The van der Waals surface area contributed by atoms with Crippen LogP contribution < -0.4 is 21.3 Å². The summed E-state index contributed by atoms with van der Waals surface area (Å²) in [6, 6.07) is 53.2. The van der Waals surface area contributed by atoms with E-state index in [4.69, 9.17) is 23.7 Å². The van der Waals surface area contributed by atoms with Gasteiger partial charge in [0, 0.05) is 30.1 Å². The molecule has 2 aliphatic carbocycles. The fourth-order valence-corrected chi connectivity index (χ4v) is 14.0. The van der Waals surface area contributed by atoms with Crippen molar-refractivity contribution in [3.8, 4) is 22.3 Å². The lowest BCUT2D eigenvalue weighted by Gasteiger charge is -2.40. The van der Waals surface area contributed by atoms with Gasteiger partial charge in [0.25, 0.3) is 0 Å². The van der Waals surface area contributed by atoms with Gasteiger partial charge in [-0.1, -0.05) is 209 Å². The zero-order chi connectivity index (χ0) is 76.0. The number of Topliss-reactive ketones (excluding diaryl/α,β-unsaturated/α-hetero) is 1. The number of carbonyl (C=O) groups excluding carboxylic acids is 11. The molecule has 7 amide bonds. The summed E-state index contributed by atoms with van der Waals surface area (Å²) >= 11 is 0. The normalized spacial score (nSPS) is 20.0. The minimum Gasteiger partial charge on any atom is -0.462 e. The van der Waals surface area contributed by atoms with Gasteiger partial charge >= 0.3 is 30.1 Å². The summed E-state index contributed by atoms with van der Waals surface area (Å²) in [4.78, 5) is 144. The minimum absolute atomic E-state index is 0.0130. The van der Waals surface area contributed by atoms with Crippen molar-refractivity contribution < 1.29 is 76.4 Å². The van der Waals surface area contributed by atoms with Crippen molar-refractivity contribution in [1.82, 2.24) is 36.0 Å². The number of amides is 7. The molecule has 0 bridgehead atoms. The molecule has 7 aromatic rings.